The summed E-state index contributed by atoms with van der Waals surface area (Å²) in [6.45, 7) is 7.74. The van der Waals surface area contributed by atoms with Gasteiger partial charge in [-0.25, -0.2) is 0 Å². The monoisotopic (exact) mass is 421 g/mol. The van der Waals surface area contributed by atoms with E-state index in [1.54, 1.807) is 10.9 Å². The van der Waals surface area contributed by atoms with Crippen molar-refractivity contribution >= 4 is 16.6 Å². The van der Waals surface area contributed by atoms with Crippen molar-refractivity contribution < 1.29 is 9.53 Å². The van der Waals surface area contributed by atoms with Crippen LogP contribution in [0.15, 0.2) is 36.9 Å². The van der Waals surface area contributed by atoms with Crippen molar-refractivity contribution in [1.29, 1.82) is 0 Å². The summed E-state index contributed by atoms with van der Waals surface area (Å²) in [5.41, 5.74) is 2.68. The Kier molecular flexibility index (Phi) is 6.73. The molecule has 164 valence electrons. The van der Waals surface area contributed by atoms with Crippen LogP contribution in [0.5, 0.6) is 0 Å². The molecule has 31 heavy (non-hydrogen) atoms. The second-order valence-corrected chi connectivity index (χ2v) is 8.67. The molecule has 1 aliphatic heterocycles. The molecule has 0 N–H and O–H groups in total. The Labute approximate surface area is 183 Å². The first-order valence-corrected chi connectivity index (χ1v) is 11.1. The number of fused-ring (bicyclic) bond motifs is 1. The van der Waals surface area contributed by atoms with E-state index in [4.69, 9.17) is 4.74 Å². The van der Waals surface area contributed by atoms with Crippen molar-refractivity contribution in [3.8, 4) is 11.3 Å². The van der Waals surface area contributed by atoms with Crippen LogP contribution in [0.3, 0.4) is 0 Å². The minimum absolute atomic E-state index is 0.128. The summed E-state index contributed by atoms with van der Waals surface area (Å²) in [6.07, 6.45) is 9.89. The maximum absolute atomic E-state index is 12.9. The van der Waals surface area contributed by atoms with Gasteiger partial charge in [0, 0.05) is 61.2 Å². The summed E-state index contributed by atoms with van der Waals surface area (Å²) in [6, 6.07) is 4.06. The van der Waals surface area contributed by atoms with Crippen molar-refractivity contribution in [2.45, 2.75) is 39.2 Å². The van der Waals surface area contributed by atoms with Gasteiger partial charge >= 0.3 is 0 Å². The Bertz CT molecular complexity index is 1040. The maximum Gasteiger partial charge on any atom is 0.142 e. The standard InChI is InChI=1S/C24H31N5O2/c1-17(2)31-9-8-29-6-4-18(5-7-29)24(30)12-22-10-19-11-23(21-15-27-28(3)16-21)26-14-20(19)13-25-22/h10-11,13-18H,4-9,12H2,1-3H3. The van der Waals surface area contributed by atoms with Crippen LogP contribution in [-0.2, 0) is 23.0 Å². The van der Waals surface area contributed by atoms with E-state index in [0.717, 1.165) is 66.8 Å². The molecule has 1 fully saturated rings. The van der Waals surface area contributed by atoms with Crippen LogP contribution in [-0.4, -0.2) is 62.8 Å². The van der Waals surface area contributed by atoms with E-state index in [1.165, 1.54) is 0 Å². The zero-order chi connectivity index (χ0) is 21.8. The molecule has 0 amide bonds. The highest BCUT2D eigenvalue weighted by molar-refractivity contribution is 5.87. The molecule has 0 spiro atoms. The van der Waals surface area contributed by atoms with Gasteiger partial charge in [-0.1, -0.05) is 0 Å². The van der Waals surface area contributed by atoms with Gasteiger partial charge in [-0.15, -0.1) is 0 Å². The van der Waals surface area contributed by atoms with E-state index in [2.05, 4.69) is 33.8 Å². The van der Waals surface area contributed by atoms with Gasteiger partial charge in [0.2, 0.25) is 0 Å². The van der Waals surface area contributed by atoms with Crippen LogP contribution in [0.25, 0.3) is 22.0 Å². The molecule has 0 atom stereocenters. The molecule has 1 aliphatic rings. The molecule has 0 aliphatic carbocycles. The van der Waals surface area contributed by atoms with Crippen molar-refractivity contribution in [3.63, 3.8) is 0 Å². The number of carbonyl (C=O) groups is 1. The van der Waals surface area contributed by atoms with Gasteiger partial charge in [-0.2, -0.15) is 5.10 Å². The summed E-state index contributed by atoms with van der Waals surface area (Å²) >= 11 is 0. The number of pyridine rings is 2. The minimum Gasteiger partial charge on any atom is -0.377 e. The number of ether oxygens (including phenoxy) is 1. The van der Waals surface area contributed by atoms with Crippen LogP contribution in [0, 0.1) is 5.92 Å². The highest BCUT2D eigenvalue weighted by atomic mass is 16.5. The van der Waals surface area contributed by atoms with E-state index in [0.29, 0.717) is 12.2 Å². The predicted molar refractivity (Wildman–Crippen MR) is 121 cm³/mol. The van der Waals surface area contributed by atoms with Gasteiger partial charge in [0.15, 0.2) is 0 Å². The highest BCUT2D eigenvalue weighted by Crippen LogP contribution is 2.23. The number of nitrogens with zero attached hydrogens (tertiary/aromatic N) is 5. The van der Waals surface area contributed by atoms with Gasteiger partial charge in [-0.05, 0) is 57.3 Å². The predicted octanol–water partition coefficient (Wildman–Crippen LogP) is 3.28. The first kappa shape index (κ1) is 21.6. The lowest BCUT2D eigenvalue weighted by Crippen LogP contribution is -2.38. The molecule has 3 aromatic rings. The van der Waals surface area contributed by atoms with E-state index < -0.39 is 0 Å². The zero-order valence-corrected chi connectivity index (χ0v) is 18.6. The minimum atomic E-state index is 0.128. The number of hydrogen-bond donors (Lipinski definition) is 0. The molecule has 3 aromatic heterocycles. The third-order valence-electron chi connectivity index (χ3n) is 5.92. The van der Waals surface area contributed by atoms with Crippen LogP contribution >= 0.6 is 0 Å². The zero-order valence-electron chi connectivity index (χ0n) is 18.6. The van der Waals surface area contributed by atoms with Crippen molar-refractivity contribution in [2.75, 3.05) is 26.2 Å². The molecule has 7 nitrogen and oxygen atoms in total. The molecule has 4 rings (SSSR count). The van der Waals surface area contributed by atoms with Crippen LogP contribution in [0.4, 0.5) is 0 Å². The number of aromatic nitrogens is 4. The molecule has 0 aromatic carbocycles. The number of ketones is 1. The van der Waals surface area contributed by atoms with E-state index in [1.807, 2.05) is 37.8 Å². The summed E-state index contributed by atoms with van der Waals surface area (Å²) in [4.78, 5) is 24.3. The van der Waals surface area contributed by atoms with E-state index >= 15 is 0 Å². The number of aryl methyl sites for hydroxylation is 1. The first-order chi connectivity index (χ1) is 15.0. The lowest BCUT2D eigenvalue weighted by atomic mass is 9.90. The Morgan fingerprint density at radius 2 is 1.90 bits per heavy atom. The second-order valence-electron chi connectivity index (χ2n) is 8.67. The van der Waals surface area contributed by atoms with Gasteiger partial charge in [-0.3, -0.25) is 19.4 Å². The van der Waals surface area contributed by atoms with Crippen LogP contribution < -0.4 is 0 Å². The van der Waals surface area contributed by atoms with Gasteiger partial charge in [0.05, 0.1) is 24.6 Å². The van der Waals surface area contributed by atoms with E-state index in [-0.39, 0.29) is 12.0 Å². The molecule has 0 saturated carbocycles. The summed E-state index contributed by atoms with van der Waals surface area (Å²) in [5.74, 6) is 0.426. The Morgan fingerprint density at radius 3 is 2.61 bits per heavy atom. The lowest BCUT2D eigenvalue weighted by molar-refractivity contribution is -0.123. The van der Waals surface area contributed by atoms with Gasteiger partial charge < -0.3 is 9.64 Å². The Morgan fingerprint density at radius 1 is 1.13 bits per heavy atom. The van der Waals surface area contributed by atoms with Crippen LogP contribution in [0.2, 0.25) is 0 Å². The molecular weight excluding hydrogens is 390 g/mol. The molecule has 0 unspecified atom stereocenters. The molecule has 0 radical (unpaired) electrons. The fourth-order valence-electron chi connectivity index (χ4n) is 4.11. The number of carbonyl (C=O) groups excluding carboxylic acids is 1. The van der Waals surface area contributed by atoms with Crippen LogP contribution in [0.1, 0.15) is 32.4 Å². The van der Waals surface area contributed by atoms with Crippen molar-refractivity contribution in [3.05, 3.63) is 42.6 Å². The number of hydrogen-bond acceptors (Lipinski definition) is 6. The molecule has 1 saturated heterocycles. The summed E-state index contributed by atoms with van der Waals surface area (Å²) < 4.78 is 7.41. The van der Waals surface area contributed by atoms with E-state index in [9.17, 15) is 4.79 Å². The van der Waals surface area contributed by atoms with Gasteiger partial charge in [0.25, 0.3) is 0 Å². The fraction of sp³-hybridized carbons (Fsp3) is 0.500. The maximum atomic E-state index is 12.9. The Balaban J connectivity index is 1.36. The number of piperidine rings is 1. The Hall–Kier alpha value is -2.64. The molecule has 4 heterocycles. The quantitative estimate of drug-likeness (QED) is 0.556. The third kappa shape index (κ3) is 5.54. The summed E-state index contributed by atoms with van der Waals surface area (Å²) in [7, 11) is 1.89. The largest absolute Gasteiger partial charge is 0.377 e. The second kappa shape index (κ2) is 9.66. The normalized spacial score (nSPS) is 15.7. The third-order valence-corrected chi connectivity index (χ3v) is 5.92. The first-order valence-electron chi connectivity index (χ1n) is 11.1. The van der Waals surface area contributed by atoms with Crippen molar-refractivity contribution in [2.24, 2.45) is 13.0 Å². The van der Waals surface area contributed by atoms with Gasteiger partial charge in [0.1, 0.15) is 5.78 Å². The number of Topliss-reactive ketones (excluding diaryl/α,β-unsaturated/α-hetero) is 1. The topological polar surface area (TPSA) is 73.1 Å². The molecule has 7 heteroatoms. The summed E-state index contributed by atoms with van der Waals surface area (Å²) in [5, 5.41) is 6.24. The SMILES string of the molecule is CC(C)OCCN1CCC(C(=O)Cc2cc3cc(-c4cnn(C)c4)ncc3cn2)CC1. The highest BCUT2D eigenvalue weighted by Gasteiger charge is 2.25. The molecule has 0 bridgehead atoms. The van der Waals surface area contributed by atoms with Crippen molar-refractivity contribution in [1.82, 2.24) is 24.6 Å². The number of likely N-dealkylation sites (tertiary alicyclic amines) is 1. The average molecular weight is 422 g/mol. The average Bonchev–Trinajstić information content (AvgIpc) is 3.20. The fourth-order valence-corrected chi connectivity index (χ4v) is 4.11. The lowest BCUT2D eigenvalue weighted by Gasteiger charge is -2.31. The molecular formula is C24H31N5O2. The smallest absolute Gasteiger partial charge is 0.142 e. The number of rotatable bonds is 8.